The second-order valence-corrected chi connectivity index (χ2v) is 9.24. The molecule has 1 aromatic carbocycles. The summed E-state index contributed by atoms with van der Waals surface area (Å²) in [6.45, 7) is 3.78. The average Bonchev–Trinajstić information content (AvgIpc) is 2.82. The Morgan fingerprint density at radius 2 is 1.50 bits per heavy atom. The van der Waals surface area contributed by atoms with Crippen LogP contribution >= 0.6 is 0 Å². The minimum atomic E-state index is -1.19. The highest BCUT2D eigenvalue weighted by Gasteiger charge is 2.34. The molecule has 176 valence electrons. The van der Waals surface area contributed by atoms with Crippen LogP contribution < -0.4 is 9.47 Å². The molecule has 0 amide bonds. The summed E-state index contributed by atoms with van der Waals surface area (Å²) in [5, 5.41) is 0. The molecule has 2 fully saturated rings. The fraction of sp³-hybridized carbons (Fsp3) is 0.593. The Kier molecular flexibility index (Phi) is 9.31. The SMILES string of the molecule is C/C=C/CCC1CCC(C2CCC(C(=O)Oc3ccc(O/C=C/C)c(F)c3F)CC2)CC1. The maximum absolute atomic E-state index is 14.3. The number of hydrogen-bond acceptors (Lipinski definition) is 3. The smallest absolute Gasteiger partial charge is 0.314 e. The molecule has 0 aromatic heterocycles. The van der Waals surface area contributed by atoms with E-state index in [9.17, 15) is 13.6 Å². The van der Waals surface area contributed by atoms with Crippen molar-refractivity contribution >= 4 is 5.97 Å². The van der Waals surface area contributed by atoms with Crippen molar-refractivity contribution in [1.82, 2.24) is 0 Å². The summed E-state index contributed by atoms with van der Waals surface area (Å²) < 4.78 is 38.7. The lowest BCUT2D eigenvalue weighted by Gasteiger charge is -2.37. The highest BCUT2D eigenvalue weighted by atomic mass is 19.2. The van der Waals surface area contributed by atoms with Crippen molar-refractivity contribution in [2.75, 3.05) is 0 Å². The number of esters is 1. The number of ether oxygens (including phenoxy) is 2. The molecular formula is C27H36F2O3. The van der Waals surface area contributed by atoms with E-state index in [1.165, 1.54) is 56.9 Å². The van der Waals surface area contributed by atoms with Crippen LogP contribution in [0.2, 0.25) is 0 Å². The molecule has 0 aliphatic heterocycles. The molecule has 0 heterocycles. The Hall–Kier alpha value is -2.17. The van der Waals surface area contributed by atoms with Crippen LogP contribution in [0, 0.1) is 35.3 Å². The highest BCUT2D eigenvalue weighted by Crippen LogP contribution is 2.42. The van der Waals surface area contributed by atoms with Crippen molar-refractivity contribution in [2.24, 2.45) is 23.7 Å². The molecule has 0 atom stereocenters. The molecule has 0 spiro atoms. The van der Waals surface area contributed by atoms with Gasteiger partial charge in [-0.2, -0.15) is 8.78 Å². The minimum Gasteiger partial charge on any atom is -0.462 e. The van der Waals surface area contributed by atoms with Crippen molar-refractivity contribution < 1.29 is 23.0 Å². The molecule has 2 aliphatic carbocycles. The van der Waals surface area contributed by atoms with Gasteiger partial charge < -0.3 is 9.47 Å². The normalized spacial score (nSPS) is 26.5. The molecule has 3 rings (SSSR count). The zero-order valence-corrected chi connectivity index (χ0v) is 19.3. The van der Waals surface area contributed by atoms with Gasteiger partial charge in [-0.25, -0.2) is 0 Å². The van der Waals surface area contributed by atoms with E-state index in [2.05, 4.69) is 19.1 Å². The summed E-state index contributed by atoms with van der Waals surface area (Å²) in [4.78, 5) is 12.6. The Labute approximate surface area is 190 Å². The number of benzene rings is 1. The third-order valence-electron chi connectivity index (χ3n) is 7.19. The van der Waals surface area contributed by atoms with Crippen molar-refractivity contribution in [3.05, 3.63) is 48.3 Å². The van der Waals surface area contributed by atoms with Crippen LogP contribution in [0.4, 0.5) is 8.78 Å². The summed E-state index contributed by atoms with van der Waals surface area (Å²) in [6.07, 6.45) is 18.5. The predicted molar refractivity (Wildman–Crippen MR) is 122 cm³/mol. The highest BCUT2D eigenvalue weighted by molar-refractivity contribution is 5.75. The van der Waals surface area contributed by atoms with Crippen LogP contribution in [0.5, 0.6) is 11.5 Å². The van der Waals surface area contributed by atoms with Gasteiger partial charge >= 0.3 is 5.97 Å². The third kappa shape index (κ3) is 6.43. The second kappa shape index (κ2) is 12.2. The Bertz CT molecular complexity index is 801. The van der Waals surface area contributed by atoms with E-state index in [1.54, 1.807) is 13.0 Å². The van der Waals surface area contributed by atoms with Crippen molar-refractivity contribution in [2.45, 2.75) is 78.1 Å². The van der Waals surface area contributed by atoms with E-state index < -0.39 is 17.6 Å². The quantitative estimate of drug-likeness (QED) is 0.177. The Morgan fingerprint density at radius 1 is 0.906 bits per heavy atom. The number of allylic oxidation sites excluding steroid dienone is 3. The van der Waals surface area contributed by atoms with Gasteiger partial charge in [0.25, 0.3) is 0 Å². The van der Waals surface area contributed by atoms with E-state index in [1.807, 2.05) is 0 Å². The number of rotatable bonds is 8. The molecule has 32 heavy (non-hydrogen) atoms. The zero-order valence-electron chi connectivity index (χ0n) is 19.3. The lowest BCUT2D eigenvalue weighted by atomic mass is 9.68. The summed E-state index contributed by atoms with van der Waals surface area (Å²) >= 11 is 0. The lowest BCUT2D eigenvalue weighted by Crippen LogP contribution is -2.30. The topological polar surface area (TPSA) is 35.5 Å². The molecule has 2 aliphatic rings. The van der Waals surface area contributed by atoms with Crippen LogP contribution in [0.15, 0.2) is 36.6 Å². The molecular weight excluding hydrogens is 410 g/mol. The standard InChI is InChI=1S/C27H36F2O3/c1-3-5-6-7-19-8-10-20(11-9-19)21-12-14-22(15-13-21)27(30)32-24-17-16-23(31-18-4-2)25(28)26(24)29/h3-5,16-22H,6-15H2,1-2H3/b5-3+,18-4+. The van der Waals surface area contributed by atoms with E-state index >= 15 is 0 Å². The summed E-state index contributed by atoms with van der Waals surface area (Å²) in [5.74, 6) is -1.37. The number of hydrogen-bond donors (Lipinski definition) is 0. The molecule has 1 aromatic rings. The molecule has 0 unspecified atom stereocenters. The Balaban J connectivity index is 1.45. The first-order chi connectivity index (χ1) is 15.5. The molecule has 5 heteroatoms. The van der Waals surface area contributed by atoms with Gasteiger partial charge in [0, 0.05) is 0 Å². The van der Waals surface area contributed by atoms with Gasteiger partial charge in [-0.1, -0.05) is 31.1 Å². The summed E-state index contributed by atoms with van der Waals surface area (Å²) in [6, 6.07) is 2.52. The monoisotopic (exact) mass is 446 g/mol. The van der Waals surface area contributed by atoms with Gasteiger partial charge in [-0.15, -0.1) is 0 Å². The van der Waals surface area contributed by atoms with E-state index in [0.29, 0.717) is 5.92 Å². The molecule has 0 radical (unpaired) electrons. The first kappa shape index (κ1) is 24.5. The predicted octanol–water partition coefficient (Wildman–Crippen LogP) is 7.75. The van der Waals surface area contributed by atoms with Crippen LogP contribution in [0.25, 0.3) is 0 Å². The first-order valence-corrected chi connectivity index (χ1v) is 12.1. The second-order valence-electron chi connectivity index (χ2n) is 9.24. The molecule has 3 nitrogen and oxygen atoms in total. The van der Waals surface area contributed by atoms with Gasteiger partial charge in [-0.3, -0.25) is 4.79 Å². The molecule has 2 saturated carbocycles. The average molecular weight is 447 g/mol. The molecule has 0 N–H and O–H groups in total. The van der Waals surface area contributed by atoms with Crippen molar-refractivity contribution in [3.63, 3.8) is 0 Å². The van der Waals surface area contributed by atoms with Crippen LogP contribution in [0.3, 0.4) is 0 Å². The van der Waals surface area contributed by atoms with E-state index in [-0.39, 0.29) is 17.4 Å². The van der Waals surface area contributed by atoms with Crippen molar-refractivity contribution in [1.29, 1.82) is 0 Å². The third-order valence-corrected chi connectivity index (χ3v) is 7.19. The van der Waals surface area contributed by atoms with Gasteiger partial charge in [0.1, 0.15) is 0 Å². The molecule has 0 saturated heterocycles. The fourth-order valence-electron chi connectivity index (χ4n) is 5.29. The van der Waals surface area contributed by atoms with Gasteiger partial charge in [-0.05, 0) is 95.1 Å². The van der Waals surface area contributed by atoms with E-state index in [0.717, 1.165) is 37.5 Å². The largest absolute Gasteiger partial charge is 0.462 e. The maximum atomic E-state index is 14.3. The van der Waals surface area contributed by atoms with Gasteiger partial charge in [0.15, 0.2) is 11.5 Å². The lowest BCUT2D eigenvalue weighted by molar-refractivity contribution is -0.140. The molecule has 0 bridgehead atoms. The van der Waals surface area contributed by atoms with Gasteiger partial charge in [0.2, 0.25) is 11.6 Å². The fourth-order valence-corrected chi connectivity index (χ4v) is 5.29. The number of carbonyl (C=O) groups excluding carboxylic acids is 1. The van der Waals surface area contributed by atoms with E-state index in [4.69, 9.17) is 9.47 Å². The zero-order chi connectivity index (χ0) is 22.9. The van der Waals surface area contributed by atoms with Crippen LogP contribution in [-0.2, 0) is 4.79 Å². The first-order valence-electron chi connectivity index (χ1n) is 12.1. The summed E-state index contributed by atoms with van der Waals surface area (Å²) in [5.41, 5.74) is 0. The number of carbonyl (C=O) groups is 1. The number of halogens is 2. The summed E-state index contributed by atoms with van der Waals surface area (Å²) in [7, 11) is 0. The van der Waals surface area contributed by atoms with Crippen molar-refractivity contribution in [3.8, 4) is 11.5 Å². The van der Waals surface area contributed by atoms with Crippen LogP contribution in [-0.4, -0.2) is 5.97 Å². The maximum Gasteiger partial charge on any atom is 0.314 e. The Morgan fingerprint density at radius 3 is 2.12 bits per heavy atom. The minimum absolute atomic E-state index is 0.238. The van der Waals surface area contributed by atoms with Gasteiger partial charge in [0.05, 0.1) is 12.2 Å². The van der Waals surface area contributed by atoms with Crippen LogP contribution in [0.1, 0.15) is 78.1 Å².